The van der Waals surface area contributed by atoms with Crippen LogP contribution < -0.4 is 5.73 Å². The van der Waals surface area contributed by atoms with E-state index in [0.717, 1.165) is 0 Å². The molecule has 1 amide bonds. The van der Waals surface area contributed by atoms with Crippen molar-refractivity contribution in [1.82, 2.24) is 0 Å². The quantitative estimate of drug-likeness (QED) is 0.324. The third-order valence-corrected chi connectivity index (χ3v) is 1.26. The molecule has 0 bridgehead atoms. The zero-order valence-corrected chi connectivity index (χ0v) is 8.93. The fourth-order valence-electron chi connectivity index (χ4n) is 0.794. The fraction of sp³-hybridized carbons (Fsp3) is 0.750. The largest absolute Gasteiger partial charge is 0.460 e. The van der Waals surface area contributed by atoms with Crippen LogP contribution in [0.5, 0.6) is 0 Å². The van der Waals surface area contributed by atoms with Crippen LogP contribution in [0.1, 0.15) is 27.2 Å². The lowest BCUT2D eigenvalue weighted by Gasteiger charge is -2.21. The Morgan fingerprint density at radius 2 is 2.07 bits per heavy atom. The van der Waals surface area contributed by atoms with Gasteiger partial charge >= 0.3 is 5.97 Å². The molecule has 0 saturated heterocycles. The lowest BCUT2D eigenvalue weighted by Crippen LogP contribution is -2.33. The molecule has 0 unspecified atom stereocenters. The van der Waals surface area contributed by atoms with E-state index in [1.54, 1.807) is 20.8 Å². The molecule has 0 saturated carbocycles. The van der Waals surface area contributed by atoms with E-state index in [2.05, 4.69) is 10.0 Å². The number of azide groups is 1. The molecule has 0 aromatic carbocycles. The van der Waals surface area contributed by atoms with Gasteiger partial charge in [0, 0.05) is 11.3 Å². The normalized spacial score (nSPS) is 12.5. The minimum absolute atomic E-state index is 0.348. The van der Waals surface area contributed by atoms with Crippen molar-refractivity contribution in [2.45, 2.75) is 38.8 Å². The van der Waals surface area contributed by atoms with Crippen LogP contribution in [0.25, 0.3) is 10.4 Å². The highest BCUT2D eigenvalue weighted by molar-refractivity contribution is 5.84. The first-order valence-electron chi connectivity index (χ1n) is 4.31. The third kappa shape index (κ3) is 6.34. The molecule has 7 heteroatoms. The third-order valence-electron chi connectivity index (χ3n) is 1.26. The number of nitrogens with two attached hydrogens (primary N) is 1. The van der Waals surface area contributed by atoms with Gasteiger partial charge in [-0.15, -0.1) is 0 Å². The summed E-state index contributed by atoms with van der Waals surface area (Å²) in [5.74, 6) is -1.47. The molecule has 0 fully saturated rings. The highest BCUT2D eigenvalue weighted by Gasteiger charge is 2.25. The number of carbonyl (C=O) groups excluding carboxylic acids is 2. The summed E-state index contributed by atoms with van der Waals surface area (Å²) >= 11 is 0. The molecule has 0 aromatic rings. The van der Waals surface area contributed by atoms with Crippen molar-refractivity contribution in [3.63, 3.8) is 0 Å². The number of ether oxygens (including phenoxy) is 1. The summed E-state index contributed by atoms with van der Waals surface area (Å²) in [6, 6.07) is -1.19. The number of primary amides is 1. The monoisotopic (exact) mass is 214 g/mol. The highest BCUT2D eigenvalue weighted by atomic mass is 16.6. The number of amides is 1. The molecule has 0 heterocycles. The van der Waals surface area contributed by atoms with Gasteiger partial charge in [0.05, 0.1) is 0 Å². The van der Waals surface area contributed by atoms with Crippen LogP contribution in [0.3, 0.4) is 0 Å². The molecule has 84 valence electrons. The van der Waals surface area contributed by atoms with E-state index < -0.39 is 23.5 Å². The van der Waals surface area contributed by atoms with Crippen molar-refractivity contribution >= 4 is 11.9 Å². The van der Waals surface area contributed by atoms with Gasteiger partial charge in [-0.3, -0.25) is 9.59 Å². The zero-order valence-electron chi connectivity index (χ0n) is 8.93. The first-order chi connectivity index (χ1) is 6.76. The van der Waals surface area contributed by atoms with Gasteiger partial charge in [-0.1, -0.05) is 5.11 Å². The number of carbonyl (C=O) groups is 2. The molecule has 2 N–H and O–H groups in total. The van der Waals surface area contributed by atoms with Crippen LogP contribution in [0.4, 0.5) is 0 Å². The molecule has 0 aliphatic rings. The Morgan fingerprint density at radius 1 is 1.53 bits per heavy atom. The van der Waals surface area contributed by atoms with Crippen molar-refractivity contribution in [3.8, 4) is 0 Å². The standard InChI is InChI=1S/C8H14N4O3/c1-8(2,3)15-7(14)5(11-12-10)4-6(9)13/h5H,4H2,1-3H3,(H2,9,13)/t5-/m0/s1. The van der Waals surface area contributed by atoms with Crippen molar-refractivity contribution in [3.05, 3.63) is 10.4 Å². The SMILES string of the molecule is CC(C)(C)OC(=O)[C@H](CC(N)=O)N=[N+]=[N-]. The number of rotatable bonds is 4. The molecule has 1 atom stereocenters. The smallest absolute Gasteiger partial charge is 0.315 e. The maximum Gasteiger partial charge on any atom is 0.315 e. The summed E-state index contributed by atoms with van der Waals surface area (Å²) in [6.07, 6.45) is -0.348. The van der Waals surface area contributed by atoms with Gasteiger partial charge in [-0.25, -0.2) is 0 Å². The molecule has 0 aliphatic carbocycles. The summed E-state index contributed by atoms with van der Waals surface area (Å²) in [5, 5.41) is 3.15. The summed E-state index contributed by atoms with van der Waals surface area (Å²) in [6.45, 7) is 5.01. The summed E-state index contributed by atoms with van der Waals surface area (Å²) in [4.78, 5) is 24.4. The Bertz CT molecular complexity index is 301. The zero-order chi connectivity index (χ0) is 12.1. The second-order valence-electron chi connectivity index (χ2n) is 3.92. The Hall–Kier alpha value is -1.75. The lowest BCUT2D eigenvalue weighted by atomic mass is 10.1. The Balaban J connectivity index is 4.56. The molecule has 15 heavy (non-hydrogen) atoms. The van der Waals surface area contributed by atoms with Gasteiger partial charge in [-0.05, 0) is 26.3 Å². The summed E-state index contributed by atoms with van der Waals surface area (Å²) in [7, 11) is 0. The van der Waals surface area contributed by atoms with E-state index in [1.165, 1.54) is 0 Å². The van der Waals surface area contributed by atoms with Crippen LogP contribution in [-0.4, -0.2) is 23.5 Å². The number of hydrogen-bond acceptors (Lipinski definition) is 4. The minimum atomic E-state index is -1.19. The molecule has 0 radical (unpaired) electrons. The van der Waals surface area contributed by atoms with E-state index in [-0.39, 0.29) is 6.42 Å². The molecule has 7 nitrogen and oxygen atoms in total. The molecular weight excluding hydrogens is 200 g/mol. The van der Waals surface area contributed by atoms with Crippen molar-refractivity contribution in [1.29, 1.82) is 0 Å². The molecule has 0 spiro atoms. The van der Waals surface area contributed by atoms with Crippen LogP contribution in [-0.2, 0) is 14.3 Å². The first-order valence-corrected chi connectivity index (χ1v) is 4.31. The highest BCUT2D eigenvalue weighted by Crippen LogP contribution is 2.11. The average molecular weight is 214 g/mol. The average Bonchev–Trinajstić information content (AvgIpc) is 1.99. The van der Waals surface area contributed by atoms with Gasteiger partial charge in [-0.2, -0.15) is 0 Å². The lowest BCUT2D eigenvalue weighted by molar-refractivity contribution is -0.157. The maximum absolute atomic E-state index is 11.4. The first kappa shape index (κ1) is 13.2. The van der Waals surface area contributed by atoms with Crippen molar-refractivity contribution in [2.24, 2.45) is 10.8 Å². The van der Waals surface area contributed by atoms with E-state index in [9.17, 15) is 9.59 Å². The van der Waals surface area contributed by atoms with E-state index in [1.807, 2.05) is 0 Å². The number of hydrogen-bond donors (Lipinski definition) is 1. The van der Waals surface area contributed by atoms with Gasteiger partial charge < -0.3 is 10.5 Å². The van der Waals surface area contributed by atoms with Crippen LogP contribution in [0.2, 0.25) is 0 Å². The summed E-state index contributed by atoms with van der Waals surface area (Å²) in [5.41, 5.74) is 12.4. The Labute approximate surface area is 87.2 Å². The van der Waals surface area contributed by atoms with E-state index in [0.29, 0.717) is 0 Å². The predicted molar refractivity (Wildman–Crippen MR) is 52.6 cm³/mol. The molecule has 0 aromatic heterocycles. The van der Waals surface area contributed by atoms with Crippen molar-refractivity contribution < 1.29 is 14.3 Å². The fourth-order valence-corrected chi connectivity index (χ4v) is 0.794. The van der Waals surface area contributed by atoms with Gasteiger partial charge in [0.2, 0.25) is 5.91 Å². The number of nitrogens with zero attached hydrogens (tertiary/aromatic N) is 3. The molecule has 0 rings (SSSR count). The van der Waals surface area contributed by atoms with Gasteiger partial charge in [0.1, 0.15) is 11.6 Å². The van der Waals surface area contributed by atoms with E-state index >= 15 is 0 Å². The Kier molecular flexibility index (Phi) is 4.60. The molecule has 0 aliphatic heterocycles. The summed E-state index contributed by atoms with van der Waals surface area (Å²) < 4.78 is 4.94. The van der Waals surface area contributed by atoms with Crippen LogP contribution in [0, 0.1) is 0 Å². The Morgan fingerprint density at radius 3 is 2.40 bits per heavy atom. The number of esters is 1. The van der Waals surface area contributed by atoms with Gasteiger partial charge in [0.25, 0.3) is 0 Å². The van der Waals surface area contributed by atoms with Crippen LogP contribution >= 0.6 is 0 Å². The molecular formula is C8H14N4O3. The van der Waals surface area contributed by atoms with Gasteiger partial charge in [0.15, 0.2) is 0 Å². The second-order valence-corrected chi connectivity index (χ2v) is 3.92. The minimum Gasteiger partial charge on any atom is -0.460 e. The topological polar surface area (TPSA) is 118 Å². The maximum atomic E-state index is 11.4. The second kappa shape index (κ2) is 5.21. The predicted octanol–water partition coefficient (Wildman–Crippen LogP) is 0.882. The van der Waals surface area contributed by atoms with Crippen molar-refractivity contribution in [2.75, 3.05) is 0 Å². The van der Waals surface area contributed by atoms with E-state index in [4.69, 9.17) is 16.0 Å². The van der Waals surface area contributed by atoms with Crippen LogP contribution in [0.15, 0.2) is 5.11 Å².